The molecule has 0 radical (unpaired) electrons. The molecular weight excluding hydrogens is 320 g/mol. The first-order valence-electron chi connectivity index (χ1n) is 8.75. The van der Waals surface area contributed by atoms with Gasteiger partial charge in [0.15, 0.2) is 0 Å². The lowest BCUT2D eigenvalue weighted by Gasteiger charge is -2.31. The minimum atomic E-state index is -0.771. The van der Waals surface area contributed by atoms with Crippen LogP contribution in [0.4, 0.5) is 0 Å². The number of aliphatic carboxylic acids is 1. The summed E-state index contributed by atoms with van der Waals surface area (Å²) in [5.41, 5.74) is 2.30. The van der Waals surface area contributed by atoms with Gasteiger partial charge < -0.3 is 14.7 Å². The number of nitrogens with zero attached hydrogens (tertiary/aromatic N) is 2. The van der Waals surface area contributed by atoms with Gasteiger partial charge in [0, 0.05) is 13.6 Å². The van der Waals surface area contributed by atoms with E-state index in [0.717, 1.165) is 29.8 Å². The summed E-state index contributed by atoms with van der Waals surface area (Å²) in [6, 6.07) is 6.05. The van der Waals surface area contributed by atoms with Crippen LogP contribution in [0.3, 0.4) is 0 Å². The smallest absolute Gasteiger partial charge is 0.307 e. The van der Waals surface area contributed by atoms with Crippen molar-refractivity contribution in [1.29, 1.82) is 0 Å². The molecule has 0 spiro atoms. The van der Waals surface area contributed by atoms with Crippen molar-refractivity contribution < 1.29 is 19.4 Å². The Morgan fingerprint density at radius 3 is 2.60 bits per heavy atom. The van der Waals surface area contributed by atoms with Crippen LogP contribution in [0.1, 0.15) is 24.0 Å². The molecule has 1 aliphatic rings. The molecule has 1 aromatic carbocycles. The Hall–Kier alpha value is -2.08. The van der Waals surface area contributed by atoms with Crippen molar-refractivity contribution in [3.05, 3.63) is 29.3 Å². The summed E-state index contributed by atoms with van der Waals surface area (Å²) in [6.45, 7) is 6.49. The Bertz CT molecular complexity index is 597. The number of piperidine rings is 1. The second-order valence-electron chi connectivity index (χ2n) is 6.90. The second kappa shape index (κ2) is 8.85. The fourth-order valence-electron chi connectivity index (χ4n) is 3.15. The van der Waals surface area contributed by atoms with Crippen LogP contribution in [0.5, 0.6) is 5.75 Å². The van der Waals surface area contributed by atoms with E-state index in [0.29, 0.717) is 26.1 Å². The number of benzene rings is 1. The van der Waals surface area contributed by atoms with Crippen LogP contribution in [-0.2, 0) is 9.59 Å². The van der Waals surface area contributed by atoms with Crippen LogP contribution in [0, 0.1) is 19.8 Å². The van der Waals surface area contributed by atoms with E-state index in [1.54, 1.807) is 11.9 Å². The predicted octanol–water partition coefficient (Wildman–Crippen LogP) is 1.94. The summed E-state index contributed by atoms with van der Waals surface area (Å²) >= 11 is 0. The van der Waals surface area contributed by atoms with Gasteiger partial charge >= 0.3 is 5.97 Å². The molecule has 0 bridgehead atoms. The van der Waals surface area contributed by atoms with Crippen molar-refractivity contribution >= 4 is 11.9 Å². The Balaban J connectivity index is 1.75. The van der Waals surface area contributed by atoms with Gasteiger partial charge in [-0.25, -0.2) is 0 Å². The van der Waals surface area contributed by atoms with Crippen LogP contribution >= 0.6 is 0 Å². The number of likely N-dealkylation sites (tertiary alicyclic amines) is 1. The van der Waals surface area contributed by atoms with Crippen LogP contribution < -0.4 is 4.74 Å². The topological polar surface area (TPSA) is 70.1 Å². The van der Waals surface area contributed by atoms with Crippen molar-refractivity contribution in [3.63, 3.8) is 0 Å². The molecule has 1 heterocycles. The van der Waals surface area contributed by atoms with Crippen molar-refractivity contribution in [2.45, 2.75) is 26.7 Å². The number of amides is 1. The highest BCUT2D eigenvalue weighted by atomic mass is 16.5. The first-order chi connectivity index (χ1) is 11.8. The zero-order valence-electron chi connectivity index (χ0n) is 15.3. The number of carbonyl (C=O) groups excluding carboxylic acids is 1. The molecule has 0 aliphatic carbocycles. The first-order valence-corrected chi connectivity index (χ1v) is 8.75. The van der Waals surface area contributed by atoms with E-state index < -0.39 is 5.97 Å². The van der Waals surface area contributed by atoms with Gasteiger partial charge in [0.25, 0.3) is 0 Å². The molecule has 1 aromatic rings. The molecule has 1 N–H and O–H groups in total. The lowest BCUT2D eigenvalue weighted by Crippen LogP contribution is -2.45. The van der Waals surface area contributed by atoms with Gasteiger partial charge in [-0.1, -0.05) is 6.07 Å². The van der Waals surface area contributed by atoms with Gasteiger partial charge in [-0.05, 0) is 56.5 Å². The van der Waals surface area contributed by atoms with E-state index in [9.17, 15) is 9.59 Å². The third-order valence-electron chi connectivity index (χ3n) is 4.53. The summed E-state index contributed by atoms with van der Waals surface area (Å²) in [5, 5.41) is 9.12. The summed E-state index contributed by atoms with van der Waals surface area (Å²) < 4.78 is 5.74. The van der Waals surface area contributed by atoms with Gasteiger partial charge in [0.1, 0.15) is 12.4 Å². The highest BCUT2D eigenvalue weighted by Gasteiger charge is 2.26. The second-order valence-corrected chi connectivity index (χ2v) is 6.90. The minimum Gasteiger partial charge on any atom is -0.492 e. The molecule has 1 unspecified atom stereocenters. The molecule has 0 saturated carbocycles. The Morgan fingerprint density at radius 1 is 1.28 bits per heavy atom. The third kappa shape index (κ3) is 6.05. The van der Waals surface area contributed by atoms with Gasteiger partial charge in [0.05, 0.1) is 19.0 Å². The fraction of sp³-hybridized carbons (Fsp3) is 0.579. The van der Waals surface area contributed by atoms with Crippen molar-refractivity contribution in [2.24, 2.45) is 5.92 Å². The number of ether oxygens (including phenoxy) is 1. The summed E-state index contributed by atoms with van der Waals surface area (Å²) in [5.74, 6) is -0.319. The number of carbonyl (C=O) groups is 2. The molecule has 1 saturated heterocycles. The van der Waals surface area contributed by atoms with Crippen LogP contribution in [0.25, 0.3) is 0 Å². The monoisotopic (exact) mass is 348 g/mol. The zero-order valence-corrected chi connectivity index (χ0v) is 15.3. The summed E-state index contributed by atoms with van der Waals surface area (Å²) in [6.07, 6.45) is 1.52. The highest BCUT2D eigenvalue weighted by molar-refractivity contribution is 5.78. The fourth-order valence-corrected chi connectivity index (χ4v) is 3.15. The molecule has 2 rings (SSSR count). The van der Waals surface area contributed by atoms with E-state index >= 15 is 0 Å². The predicted molar refractivity (Wildman–Crippen MR) is 95.8 cm³/mol. The molecule has 138 valence electrons. The molecule has 1 amide bonds. The van der Waals surface area contributed by atoms with Crippen molar-refractivity contribution in [1.82, 2.24) is 9.80 Å². The number of hydrogen-bond acceptors (Lipinski definition) is 4. The Labute approximate surface area is 149 Å². The van der Waals surface area contributed by atoms with E-state index in [-0.39, 0.29) is 18.4 Å². The van der Waals surface area contributed by atoms with Gasteiger partial charge in [0.2, 0.25) is 5.91 Å². The van der Waals surface area contributed by atoms with Crippen LogP contribution in [0.2, 0.25) is 0 Å². The van der Waals surface area contributed by atoms with Gasteiger partial charge in [-0.15, -0.1) is 0 Å². The first kappa shape index (κ1) is 19.2. The lowest BCUT2D eigenvalue weighted by atomic mass is 9.98. The average Bonchev–Trinajstić information content (AvgIpc) is 2.54. The molecule has 0 aromatic heterocycles. The van der Waals surface area contributed by atoms with Gasteiger partial charge in [-0.2, -0.15) is 0 Å². The number of carboxylic acid groups (broad SMARTS) is 1. The van der Waals surface area contributed by atoms with Crippen LogP contribution in [0.15, 0.2) is 18.2 Å². The molecule has 6 heteroatoms. The minimum absolute atomic E-state index is 0.00457. The number of hydrogen-bond donors (Lipinski definition) is 1. The lowest BCUT2D eigenvalue weighted by molar-refractivity contribution is -0.144. The Morgan fingerprint density at radius 2 is 1.96 bits per heavy atom. The maximum atomic E-state index is 12.3. The number of carboxylic acids is 1. The SMILES string of the molecule is Cc1cc(C)cc(OCCN(C)C(=O)CN2CCCC(C(=O)O)C2)c1. The van der Waals surface area contributed by atoms with E-state index in [2.05, 4.69) is 6.07 Å². The molecule has 6 nitrogen and oxygen atoms in total. The van der Waals surface area contributed by atoms with Crippen molar-refractivity contribution in [3.8, 4) is 5.75 Å². The highest BCUT2D eigenvalue weighted by Crippen LogP contribution is 2.17. The molecule has 25 heavy (non-hydrogen) atoms. The third-order valence-corrected chi connectivity index (χ3v) is 4.53. The number of rotatable bonds is 7. The molecule has 1 atom stereocenters. The van der Waals surface area contributed by atoms with E-state index in [1.165, 1.54) is 0 Å². The number of aryl methyl sites for hydroxylation is 2. The van der Waals surface area contributed by atoms with E-state index in [1.807, 2.05) is 30.9 Å². The quantitative estimate of drug-likeness (QED) is 0.815. The zero-order chi connectivity index (χ0) is 18.4. The number of likely N-dealkylation sites (N-methyl/N-ethyl adjacent to an activating group) is 1. The maximum absolute atomic E-state index is 12.3. The largest absolute Gasteiger partial charge is 0.492 e. The van der Waals surface area contributed by atoms with Crippen molar-refractivity contribution in [2.75, 3.05) is 39.8 Å². The van der Waals surface area contributed by atoms with E-state index in [4.69, 9.17) is 9.84 Å². The summed E-state index contributed by atoms with van der Waals surface area (Å²) in [7, 11) is 1.76. The summed E-state index contributed by atoms with van der Waals surface area (Å²) in [4.78, 5) is 27.0. The molecular formula is C19H28N2O4. The average molecular weight is 348 g/mol. The molecule has 1 fully saturated rings. The van der Waals surface area contributed by atoms with Gasteiger partial charge in [-0.3, -0.25) is 14.5 Å². The molecule has 1 aliphatic heterocycles. The standard InChI is InChI=1S/C19H28N2O4/c1-14-9-15(2)11-17(10-14)25-8-7-20(3)18(22)13-21-6-4-5-16(12-21)19(23)24/h9-11,16H,4-8,12-13H2,1-3H3,(H,23,24). The maximum Gasteiger partial charge on any atom is 0.307 e. The normalized spacial score (nSPS) is 18.0. The Kier molecular flexibility index (Phi) is 6.82. The van der Waals surface area contributed by atoms with Crippen LogP contribution in [-0.4, -0.2) is 66.6 Å².